The summed E-state index contributed by atoms with van der Waals surface area (Å²) in [5.41, 5.74) is 0. The van der Waals surface area contributed by atoms with Crippen LogP contribution >= 0.6 is 23.1 Å². The van der Waals surface area contributed by atoms with Crippen molar-refractivity contribution in [2.24, 2.45) is 0 Å². The molecule has 0 spiro atoms. The Morgan fingerprint density at radius 2 is 2.00 bits per heavy atom. The molecule has 17 heavy (non-hydrogen) atoms. The Hall–Kier alpha value is -0.810. The molecule has 0 bridgehead atoms. The fourth-order valence-corrected chi connectivity index (χ4v) is 3.42. The molecule has 0 fully saturated rings. The first kappa shape index (κ1) is 12.6. The predicted octanol–water partition coefficient (Wildman–Crippen LogP) is 3.93. The maximum atomic E-state index is 4.57. The van der Waals surface area contributed by atoms with Gasteiger partial charge in [0, 0.05) is 22.1 Å². The van der Waals surface area contributed by atoms with E-state index in [1.165, 1.54) is 10.3 Å². The summed E-state index contributed by atoms with van der Waals surface area (Å²) in [6.07, 6.45) is 0. The Morgan fingerprint density at radius 1 is 1.29 bits per heavy atom. The van der Waals surface area contributed by atoms with Gasteiger partial charge in [-0.2, -0.15) is 0 Å². The molecule has 0 saturated heterocycles. The van der Waals surface area contributed by atoms with Gasteiger partial charge in [-0.1, -0.05) is 32.5 Å². The Labute approximate surface area is 110 Å². The number of nitrogens with one attached hydrogen (secondary N) is 1. The van der Waals surface area contributed by atoms with Crippen molar-refractivity contribution in [2.45, 2.75) is 37.5 Å². The molecule has 1 N–H and O–H groups in total. The molecule has 0 atom stereocenters. The van der Waals surface area contributed by atoms with Gasteiger partial charge in [0.1, 0.15) is 9.86 Å². The summed E-state index contributed by atoms with van der Waals surface area (Å²) >= 11 is 3.51. The average molecular weight is 267 g/mol. The van der Waals surface area contributed by atoms with Crippen molar-refractivity contribution < 1.29 is 0 Å². The lowest BCUT2D eigenvalue weighted by atomic mass is 10.3. The van der Waals surface area contributed by atoms with E-state index in [-0.39, 0.29) is 4.75 Å². The van der Waals surface area contributed by atoms with Crippen molar-refractivity contribution in [1.29, 1.82) is 0 Å². The first-order valence-electron chi connectivity index (χ1n) is 5.54. The van der Waals surface area contributed by atoms with Crippen LogP contribution in [-0.2, 0) is 0 Å². The van der Waals surface area contributed by atoms with E-state index >= 15 is 0 Å². The van der Waals surface area contributed by atoms with Crippen LogP contribution in [0.25, 0.3) is 10.2 Å². The SMILES string of the molecule is CNc1nc(SC(C)(C)C)c2cc(C)sc2n1. The molecule has 0 unspecified atom stereocenters. The highest BCUT2D eigenvalue weighted by atomic mass is 32.2. The quantitative estimate of drug-likeness (QED) is 0.661. The molecule has 0 aromatic carbocycles. The van der Waals surface area contributed by atoms with Crippen molar-refractivity contribution in [3.05, 3.63) is 10.9 Å². The Balaban J connectivity index is 2.58. The third-order valence-corrected chi connectivity index (χ3v) is 4.17. The molecule has 0 aliphatic heterocycles. The molecule has 92 valence electrons. The molecular formula is C12H17N3S2. The van der Waals surface area contributed by atoms with Crippen molar-refractivity contribution in [1.82, 2.24) is 9.97 Å². The molecule has 0 saturated carbocycles. The zero-order valence-corrected chi connectivity index (χ0v) is 12.4. The van der Waals surface area contributed by atoms with E-state index in [0.29, 0.717) is 5.95 Å². The second-order valence-corrected chi connectivity index (χ2v) is 7.94. The van der Waals surface area contributed by atoms with Crippen LogP contribution in [0.4, 0.5) is 5.95 Å². The summed E-state index contributed by atoms with van der Waals surface area (Å²) in [4.78, 5) is 11.4. The van der Waals surface area contributed by atoms with Gasteiger partial charge in [-0.15, -0.1) is 11.3 Å². The maximum Gasteiger partial charge on any atom is 0.224 e. The van der Waals surface area contributed by atoms with Gasteiger partial charge in [0.15, 0.2) is 0 Å². The molecule has 2 rings (SSSR count). The topological polar surface area (TPSA) is 37.8 Å². The predicted molar refractivity (Wildman–Crippen MR) is 77.3 cm³/mol. The molecule has 0 aliphatic rings. The number of hydrogen-bond acceptors (Lipinski definition) is 5. The molecule has 2 aromatic rings. The number of thioether (sulfide) groups is 1. The van der Waals surface area contributed by atoms with Gasteiger partial charge in [-0.3, -0.25) is 0 Å². The molecule has 5 heteroatoms. The highest BCUT2D eigenvalue weighted by Crippen LogP contribution is 2.37. The van der Waals surface area contributed by atoms with Crippen LogP contribution in [0.15, 0.2) is 11.1 Å². The molecule has 0 radical (unpaired) electrons. The van der Waals surface area contributed by atoms with Gasteiger partial charge in [0.2, 0.25) is 5.95 Å². The second kappa shape index (κ2) is 4.46. The number of aromatic nitrogens is 2. The number of thiophene rings is 1. The van der Waals surface area contributed by atoms with Gasteiger partial charge < -0.3 is 5.32 Å². The lowest BCUT2D eigenvalue weighted by molar-refractivity contribution is 0.800. The highest BCUT2D eigenvalue weighted by Gasteiger charge is 2.18. The largest absolute Gasteiger partial charge is 0.357 e. The number of anilines is 1. The van der Waals surface area contributed by atoms with Gasteiger partial charge in [-0.25, -0.2) is 9.97 Å². The summed E-state index contributed by atoms with van der Waals surface area (Å²) in [5.74, 6) is 0.700. The maximum absolute atomic E-state index is 4.57. The minimum Gasteiger partial charge on any atom is -0.357 e. The van der Waals surface area contributed by atoms with E-state index in [1.54, 1.807) is 23.1 Å². The summed E-state index contributed by atoms with van der Waals surface area (Å²) in [6, 6.07) is 2.17. The van der Waals surface area contributed by atoms with E-state index in [2.05, 4.69) is 49.0 Å². The average Bonchev–Trinajstić information content (AvgIpc) is 2.56. The molecule has 0 amide bonds. The first-order chi connectivity index (χ1) is 7.89. The fraction of sp³-hybridized carbons (Fsp3) is 0.500. The van der Waals surface area contributed by atoms with Crippen LogP contribution < -0.4 is 5.32 Å². The smallest absolute Gasteiger partial charge is 0.224 e. The Kier molecular flexibility index (Phi) is 3.32. The fourth-order valence-electron chi connectivity index (χ4n) is 1.50. The van der Waals surface area contributed by atoms with Crippen LogP contribution in [0.5, 0.6) is 0 Å². The zero-order valence-electron chi connectivity index (χ0n) is 10.8. The second-order valence-electron chi connectivity index (χ2n) is 4.89. The van der Waals surface area contributed by atoms with Gasteiger partial charge in [0.25, 0.3) is 0 Å². The highest BCUT2D eigenvalue weighted by molar-refractivity contribution is 8.00. The van der Waals surface area contributed by atoms with Crippen molar-refractivity contribution in [3.63, 3.8) is 0 Å². The van der Waals surface area contributed by atoms with Crippen molar-refractivity contribution in [2.75, 3.05) is 12.4 Å². The summed E-state index contributed by atoms with van der Waals surface area (Å²) in [5, 5.41) is 5.26. The molecule has 0 aliphatic carbocycles. The number of rotatable bonds is 2. The summed E-state index contributed by atoms with van der Waals surface area (Å²) in [7, 11) is 1.85. The van der Waals surface area contributed by atoms with Gasteiger partial charge in [0.05, 0.1) is 0 Å². The molecule has 2 heterocycles. The molecule has 3 nitrogen and oxygen atoms in total. The van der Waals surface area contributed by atoms with Crippen LogP contribution in [0.3, 0.4) is 0 Å². The van der Waals surface area contributed by atoms with Crippen LogP contribution in [0.2, 0.25) is 0 Å². The van der Waals surface area contributed by atoms with Crippen molar-refractivity contribution in [3.8, 4) is 0 Å². The monoisotopic (exact) mass is 267 g/mol. The van der Waals surface area contributed by atoms with E-state index in [1.807, 2.05) is 7.05 Å². The van der Waals surface area contributed by atoms with Gasteiger partial charge in [-0.05, 0) is 13.0 Å². The lowest BCUT2D eigenvalue weighted by Gasteiger charge is -2.17. The Morgan fingerprint density at radius 3 is 2.59 bits per heavy atom. The van der Waals surface area contributed by atoms with E-state index in [9.17, 15) is 0 Å². The minimum atomic E-state index is 0.155. The molecular weight excluding hydrogens is 250 g/mol. The Bertz CT molecular complexity index is 540. The van der Waals surface area contributed by atoms with Crippen LogP contribution in [-0.4, -0.2) is 21.8 Å². The third-order valence-electron chi connectivity index (χ3n) is 2.11. The van der Waals surface area contributed by atoms with Crippen LogP contribution in [0.1, 0.15) is 25.6 Å². The number of aryl methyl sites for hydroxylation is 1. The number of fused-ring (bicyclic) bond motifs is 1. The summed E-state index contributed by atoms with van der Waals surface area (Å²) in [6.45, 7) is 8.70. The lowest BCUT2D eigenvalue weighted by Crippen LogP contribution is -2.08. The normalized spacial score (nSPS) is 12.1. The van der Waals surface area contributed by atoms with Crippen molar-refractivity contribution >= 4 is 39.3 Å². The zero-order chi connectivity index (χ0) is 12.6. The van der Waals surface area contributed by atoms with E-state index in [4.69, 9.17) is 0 Å². The van der Waals surface area contributed by atoms with Crippen LogP contribution in [0, 0.1) is 6.92 Å². The standard InChI is InChI=1S/C12H17N3S2/c1-7-6-8-9(16-7)14-11(13-5)15-10(8)17-12(2,3)4/h6H,1-5H3,(H,13,14,15). The minimum absolute atomic E-state index is 0.155. The number of hydrogen-bond donors (Lipinski definition) is 1. The summed E-state index contributed by atoms with van der Waals surface area (Å²) < 4.78 is 0.155. The van der Waals surface area contributed by atoms with E-state index < -0.39 is 0 Å². The third kappa shape index (κ3) is 2.90. The van der Waals surface area contributed by atoms with Gasteiger partial charge >= 0.3 is 0 Å². The number of nitrogens with zero attached hydrogens (tertiary/aromatic N) is 2. The van der Waals surface area contributed by atoms with E-state index in [0.717, 1.165) is 9.86 Å². The first-order valence-corrected chi connectivity index (χ1v) is 7.17. The molecule has 2 aromatic heterocycles.